The molecule has 0 saturated carbocycles. The van der Waals surface area contributed by atoms with Gasteiger partial charge in [0.05, 0.1) is 6.61 Å². The van der Waals surface area contributed by atoms with E-state index in [1.54, 1.807) is 0 Å². The van der Waals surface area contributed by atoms with Gasteiger partial charge in [-0.1, -0.05) is 198 Å². The lowest BCUT2D eigenvalue weighted by atomic mass is 10.1. The third-order valence-corrected chi connectivity index (χ3v) is 9.62. The standard InChI is InChI=1S/C57H88O5/c1-3-5-7-9-11-13-15-17-19-21-23-24-25-26-27-28-29-30-31-32-34-36-38-40-42-44-46-48-50-52-57(60)62-55(53-58)54-61-56(59)51-49-47-45-43-41-39-37-35-33-22-20-18-16-14-12-10-8-6-4-2/h5,7,11-14,17-20,23-24,26-27,29-30,32-35,38,40,44,46,55,58H,3-4,6,8-10,15-16,21-22,25,28,31,36-37,39,41-43,45,47-54H2,1-2H3/b7-5-,13-11-,14-12-,19-17-,20-18-,24-23-,27-26-,30-29-,34-32-,35-33-,40-38-,46-44-. The van der Waals surface area contributed by atoms with Gasteiger partial charge in [0.15, 0.2) is 6.10 Å². The molecule has 0 aliphatic carbocycles. The summed E-state index contributed by atoms with van der Waals surface area (Å²) < 4.78 is 10.6. The van der Waals surface area contributed by atoms with Gasteiger partial charge in [-0.3, -0.25) is 9.59 Å². The molecule has 0 aromatic heterocycles. The summed E-state index contributed by atoms with van der Waals surface area (Å²) in [6, 6.07) is 0. The lowest BCUT2D eigenvalue weighted by Gasteiger charge is -2.15. The molecule has 0 fully saturated rings. The minimum atomic E-state index is -0.820. The van der Waals surface area contributed by atoms with Crippen LogP contribution in [-0.4, -0.2) is 36.4 Å². The van der Waals surface area contributed by atoms with E-state index in [0.717, 1.165) is 103 Å². The molecule has 62 heavy (non-hydrogen) atoms. The van der Waals surface area contributed by atoms with Crippen molar-refractivity contribution in [3.63, 3.8) is 0 Å². The first-order valence-corrected chi connectivity index (χ1v) is 24.4. The second-order valence-electron chi connectivity index (χ2n) is 15.4. The Hall–Kier alpha value is -4.22. The van der Waals surface area contributed by atoms with Crippen LogP contribution in [0, 0.1) is 0 Å². The molecule has 0 radical (unpaired) electrons. The highest BCUT2D eigenvalue weighted by molar-refractivity contribution is 5.70. The monoisotopic (exact) mass is 853 g/mol. The lowest BCUT2D eigenvalue weighted by molar-refractivity contribution is -0.161. The van der Waals surface area contributed by atoms with E-state index in [2.05, 4.69) is 160 Å². The average Bonchev–Trinajstić information content (AvgIpc) is 3.28. The number of allylic oxidation sites excluding steroid dienone is 24. The molecule has 1 unspecified atom stereocenters. The van der Waals surface area contributed by atoms with Gasteiger partial charge in [0.1, 0.15) is 6.61 Å². The SMILES string of the molecule is CC/C=C\C/C=C\C/C=C\C/C=C\C/C=C\C/C=C\C/C=C\C/C=C\C/C=C\CCCC(=O)OC(CO)COC(=O)CCCCCCCC/C=C\C/C=C\C/C=C\CCCCC. The summed E-state index contributed by atoms with van der Waals surface area (Å²) in [5, 5.41) is 9.60. The molecule has 0 heterocycles. The Morgan fingerprint density at radius 2 is 0.710 bits per heavy atom. The van der Waals surface area contributed by atoms with Crippen molar-refractivity contribution < 1.29 is 24.2 Å². The van der Waals surface area contributed by atoms with E-state index in [1.807, 2.05) is 0 Å². The predicted octanol–water partition coefficient (Wildman–Crippen LogP) is 16.3. The fourth-order valence-electron chi connectivity index (χ4n) is 5.97. The lowest BCUT2D eigenvalue weighted by Crippen LogP contribution is -2.28. The Balaban J connectivity index is 3.74. The van der Waals surface area contributed by atoms with E-state index < -0.39 is 6.10 Å². The first-order valence-electron chi connectivity index (χ1n) is 24.4. The highest BCUT2D eigenvalue weighted by atomic mass is 16.6. The van der Waals surface area contributed by atoms with Crippen LogP contribution >= 0.6 is 0 Å². The van der Waals surface area contributed by atoms with Gasteiger partial charge in [0.25, 0.3) is 0 Å². The Morgan fingerprint density at radius 3 is 1.10 bits per heavy atom. The maximum atomic E-state index is 12.2. The molecule has 1 atom stereocenters. The van der Waals surface area contributed by atoms with Gasteiger partial charge in [0.2, 0.25) is 0 Å². The number of hydrogen-bond donors (Lipinski definition) is 1. The zero-order valence-electron chi connectivity index (χ0n) is 39.3. The predicted molar refractivity (Wildman–Crippen MR) is 269 cm³/mol. The summed E-state index contributed by atoms with van der Waals surface area (Å²) >= 11 is 0. The highest BCUT2D eigenvalue weighted by Gasteiger charge is 2.16. The van der Waals surface area contributed by atoms with E-state index in [1.165, 1.54) is 44.9 Å². The van der Waals surface area contributed by atoms with E-state index in [0.29, 0.717) is 12.8 Å². The minimum absolute atomic E-state index is 0.107. The molecule has 0 spiro atoms. The van der Waals surface area contributed by atoms with Crippen molar-refractivity contribution in [1.29, 1.82) is 0 Å². The van der Waals surface area contributed by atoms with Gasteiger partial charge < -0.3 is 14.6 Å². The van der Waals surface area contributed by atoms with Crippen molar-refractivity contribution in [2.75, 3.05) is 13.2 Å². The third kappa shape index (κ3) is 48.4. The van der Waals surface area contributed by atoms with Crippen molar-refractivity contribution in [2.24, 2.45) is 0 Å². The fourth-order valence-corrected chi connectivity index (χ4v) is 5.97. The molecule has 1 N–H and O–H groups in total. The second kappa shape index (κ2) is 51.1. The van der Waals surface area contributed by atoms with Crippen LogP contribution in [0.25, 0.3) is 0 Å². The van der Waals surface area contributed by atoms with Crippen molar-refractivity contribution in [3.05, 3.63) is 146 Å². The quantitative estimate of drug-likeness (QED) is 0.0376. The molecule has 5 nitrogen and oxygen atoms in total. The molecule has 0 amide bonds. The normalized spacial score (nSPS) is 13.5. The number of unbranched alkanes of at least 4 members (excludes halogenated alkanes) is 10. The second-order valence-corrected chi connectivity index (χ2v) is 15.4. The zero-order chi connectivity index (χ0) is 44.9. The summed E-state index contributed by atoms with van der Waals surface area (Å²) in [6.07, 6.45) is 77.8. The number of esters is 2. The molecule has 0 saturated heterocycles. The van der Waals surface area contributed by atoms with Gasteiger partial charge in [-0.2, -0.15) is 0 Å². The average molecular weight is 853 g/mol. The van der Waals surface area contributed by atoms with Gasteiger partial charge >= 0.3 is 11.9 Å². The van der Waals surface area contributed by atoms with Crippen LogP contribution < -0.4 is 0 Å². The van der Waals surface area contributed by atoms with Crippen LogP contribution in [0.4, 0.5) is 0 Å². The molecular formula is C57H88O5. The number of carbonyl (C=O) groups excluding carboxylic acids is 2. The molecular weight excluding hydrogens is 765 g/mol. The number of aliphatic hydroxyl groups is 1. The Bertz CT molecular complexity index is 1380. The molecule has 0 aromatic carbocycles. The van der Waals surface area contributed by atoms with Crippen LogP contribution in [0.15, 0.2) is 146 Å². The highest BCUT2D eigenvalue weighted by Crippen LogP contribution is 2.11. The smallest absolute Gasteiger partial charge is 0.306 e. The van der Waals surface area contributed by atoms with E-state index in [4.69, 9.17) is 9.47 Å². The fraction of sp³-hybridized carbons (Fsp3) is 0.544. The van der Waals surface area contributed by atoms with Crippen LogP contribution in [0.5, 0.6) is 0 Å². The maximum Gasteiger partial charge on any atom is 0.306 e. The van der Waals surface area contributed by atoms with Crippen molar-refractivity contribution in [3.8, 4) is 0 Å². The van der Waals surface area contributed by atoms with E-state index in [-0.39, 0.29) is 31.6 Å². The molecule has 0 aromatic rings. The topological polar surface area (TPSA) is 72.8 Å². The number of aliphatic hydroxyl groups excluding tert-OH is 1. The van der Waals surface area contributed by atoms with Crippen LogP contribution in [0.2, 0.25) is 0 Å². The maximum absolute atomic E-state index is 12.2. The first-order chi connectivity index (χ1) is 30.6. The van der Waals surface area contributed by atoms with Crippen LogP contribution in [0.1, 0.15) is 181 Å². The summed E-state index contributed by atoms with van der Waals surface area (Å²) in [6.45, 7) is 3.92. The summed E-state index contributed by atoms with van der Waals surface area (Å²) in [4.78, 5) is 24.4. The third-order valence-electron chi connectivity index (χ3n) is 9.62. The van der Waals surface area contributed by atoms with Crippen LogP contribution in [0.3, 0.4) is 0 Å². The largest absolute Gasteiger partial charge is 0.462 e. The molecule has 0 bridgehead atoms. The molecule has 0 aliphatic rings. The van der Waals surface area contributed by atoms with Crippen molar-refractivity contribution in [1.82, 2.24) is 0 Å². The van der Waals surface area contributed by atoms with E-state index in [9.17, 15) is 14.7 Å². The Kier molecular flexibility index (Phi) is 47.7. The van der Waals surface area contributed by atoms with E-state index >= 15 is 0 Å². The first kappa shape index (κ1) is 57.8. The van der Waals surface area contributed by atoms with Crippen molar-refractivity contribution >= 4 is 11.9 Å². The molecule has 0 rings (SSSR count). The van der Waals surface area contributed by atoms with Gasteiger partial charge in [-0.25, -0.2) is 0 Å². The summed E-state index contributed by atoms with van der Waals surface area (Å²) in [7, 11) is 0. The zero-order valence-corrected chi connectivity index (χ0v) is 39.3. The molecule has 0 aliphatic heterocycles. The summed E-state index contributed by atoms with van der Waals surface area (Å²) in [5.74, 6) is -0.689. The van der Waals surface area contributed by atoms with Crippen molar-refractivity contribution in [2.45, 2.75) is 187 Å². The molecule has 5 heteroatoms. The number of hydrogen-bond acceptors (Lipinski definition) is 5. The van der Waals surface area contributed by atoms with Crippen LogP contribution in [-0.2, 0) is 19.1 Å². The number of carbonyl (C=O) groups is 2. The van der Waals surface area contributed by atoms with Gasteiger partial charge in [0, 0.05) is 12.8 Å². The Morgan fingerprint density at radius 1 is 0.387 bits per heavy atom. The number of rotatable bonds is 42. The van der Waals surface area contributed by atoms with Gasteiger partial charge in [-0.05, 0) is 116 Å². The van der Waals surface area contributed by atoms with Gasteiger partial charge in [-0.15, -0.1) is 0 Å². The number of ether oxygens (including phenoxy) is 2. The Labute approximate surface area is 380 Å². The molecule has 346 valence electrons. The summed E-state index contributed by atoms with van der Waals surface area (Å²) in [5.41, 5.74) is 0. The minimum Gasteiger partial charge on any atom is -0.462 e.